The van der Waals surface area contributed by atoms with E-state index in [9.17, 15) is 4.79 Å². The molecule has 4 heterocycles. The molecule has 0 bridgehead atoms. The van der Waals surface area contributed by atoms with Crippen LogP contribution in [0.5, 0.6) is 0 Å². The SMILES string of the molecule is Cc1nccnc1N1CC[C@@H]2[C@@H](CCC(=O)N2CCCn2ccnc2)C1. The fourth-order valence-corrected chi connectivity index (χ4v) is 4.39. The van der Waals surface area contributed by atoms with Gasteiger partial charge in [-0.2, -0.15) is 0 Å². The van der Waals surface area contributed by atoms with Crippen molar-refractivity contribution in [1.29, 1.82) is 0 Å². The molecule has 26 heavy (non-hydrogen) atoms. The Kier molecular flexibility index (Phi) is 4.86. The van der Waals surface area contributed by atoms with Crippen LogP contribution in [0, 0.1) is 12.8 Å². The number of hydrogen-bond acceptors (Lipinski definition) is 5. The summed E-state index contributed by atoms with van der Waals surface area (Å²) in [6.07, 6.45) is 12.7. The van der Waals surface area contributed by atoms with Gasteiger partial charge in [0.1, 0.15) is 5.82 Å². The van der Waals surface area contributed by atoms with E-state index in [1.54, 1.807) is 18.6 Å². The number of piperidine rings is 2. The maximum Gasteiger partial charge on any atom is 0.222 e. The molecule has 2 aliphatic rings. The second kappa shape index (κ2) is 7.43. The lowest BCUT2D eigenvalue weighted by atomic mass is 9.83. The zero-order valence-corrected chi connectivity index (χ0v) is 15.3. The number of carbonyl (C=O) groups excluding carboxylic acids is 1. The van der Waals surface area contributed by atoms with Gasteiger partial charge in [0, 0.05) is 63.4 Å². The number of rotatable bonds is 5. The van der Waals surface area contributed by atoms with Crippen LogP contribution < -0.4 is 4.90 Å². The molecule has 0 N–H and O–H groups in total. The number of aryl methyl sites for hydroxylation is 2. The van der Waals surface area contributed by atoms with Gasteiger partial charge in [0.2, 0.25) is 5.91 Å². The summed E-state index contributed by atoms with van der Waals surface area (Å²) in [7, 11) is 0. The average Bonchev–Trinajstić information content (AvgIpc) is 3.17. The number of hydrogen-bond donors (Lipinski definition) is 0. The van der Waals surface area contributed by atoms with Crippen molar-refractivity contribution in [2.75, 3.05) is 24.5 Å². The number of fused-ring (bicyclic) bond motifs is 1. The first kappa shape index (κ1) is 17.0. The van der Waals surface area contributed by atoms with Gasteiger partial charge < -0.3 is 14.4 Å². The molecular formula is C19H26N6O. The van der Waals surface area contributed by atoms with E-state index in [-0.39, 0.29) is 0 Å². The average molecular weight is 354 g/mol. The second-order valence-electron chi connectivity index (χ2n) is 7.31. The van der Waals surface area contributed by atoms with E-state index in [4.69, 9.17) is 0 Å². The summed E-state index contributed by atoms with van der Waals surface area (Å²) in [5, 5.41) is 0. The van der Waals surface area contributed by atoms with Crippen LogP contribution in [0.25, 0.3) is 0 Å². The Hall–Kier alpha value is -2.44. The quantitative estimate of drug-likeness (QED) is 0.820. The highest BCUT2D eigenvalue weighted by Gasteiger charge is 2.39. The summed E-state index contributed by atoms with van der Waals surface area (Å²) in [4.78, 5) is 30.0. The predicted octanol–water partition coefficient (Wildman–Crippen LogP) is 1.89. The van der Waals surface area contributed by atoms with Crippen molar-refractivity contribution in [1.82, 2.24) is 24.4 Å². The molecule has 0 saturated carbocycles. The molecule has 2 saturated heterocycles. The van der Waals surface area contributed by atoms with Gasteiger partial charge in [-0.3, -0.25) is 9.78 Å². The van der Waals surface area contributed by atoms with E-state index in [1.807, 2.05) is 19.4 Å². The maximum atomic E-state index is 12.5. The monoisotopic (exact) mass is 354 g/mol. The van der Waals surface area contributed by atoms with Crippen LogP contribution in [0.2, 0.25) is 0 Å². The van der Waals surface area contributed by atoms with Gasteiger partial charge in [0.25, 0.3) is 0 Å². The van der Waals surface area contributed by atoms with Crippen molar-refractivity contribution in [2.24, 2.45) is 5.92 Å². The zero-order chi connectivity index (χ0) is 17.9. The minimum absolute atomic E-state index is 0.320. The van der Waals surface area contributed by atoms with Crippen LogP contribution in [-0.2, 0) is 11.3 Å². The number of likely N-dealkylation sites (tertiary alicyclic amines) is 1. The Labute approximate surface area is 154 Å². The number of imidazole rings is 1. The van der Waals surface area contributed by atoms with E-state index in [1.165, 1.54) is 0 Å². The molecule has 0 radical (unpaired) electrons. The molecule has 1 amide bonds. The molecule has 2 fully saturated rings. The van der Waals surface area contributed by atoms with Crippen LogP contribution in [0.4, 0.5) is 5.82 Å². The zero-order valence-electron chi connectivity index (χ0n) is 15.3. The highest BCUT2D eigenvalue weighted by atomic mass is 16.2. The molecule has 0 spiro atoms. The van der Waals surface area contributed by atoms with E-state index in [2.05, 4.69) is 29.3 Å². The third-order valence-corrected chi connectivity index (χ3v) is 5.67. The lowest BCUT2D eigenvalue weighted by Crippen LogP contribution is -2.56. The minimum Gasteiger partial charge on any atom is -0.355 e. The van der Waals surface area contributed by atoms with Crippen LogP contribution in [0.15, 0.2) is 31.1 Å². The lowest BCUT2D eigenvalue weighted by Gasteiger charge is -2.47. The molecule has 0 unspecified atom stereocenters. The van der Waals surface area contributed by atoms with Gasteiger partial charge in [-0.25, -0.2) is 9.97 Å². The van der Waals surface area contributed by atoms with Crippen molar-refractivity contribution in [3.05, 3.63) is 36.8 Å². The molecular weight excluding hydrogens is 328 g/mol. The fraction of sp³-hybridized carbons (Fsp3) is 0.579. The van der Waals surface area contributed by atoms with Crippen LogP contribution in [0.1, 0.15) is 31.4 Å². The van der Waals surface area contributed by atoms with Crippen LogP contribution in [-0.4, -0.2) is 56.0 Å². The number of nitrogens with zero attached hydrogens (tertiary/aromatic N) is 6. The third kappa shape index (κ3) is 3.43. The summed E-state index contributed by atoms with van der Waals surface area (Å²) in [5.74, 6) is 1.84. The summed E-state index contributed by atoms with van der Waals surface area (Å²) in [6.45, 7) is 5.66. The van der Waals surface area contributed by atoms with Crippen molar-refractivity contribution in [2.45, 2.75) is 45.2 Å². The summed E-state index contributed by atoms with van der Waals surface area (Å²) >= 11 is 0. The Bertz CT molecular complexity index is 746. The number of carbonyl (C=O) groups is 1. The molecule has 0 aromatic carbocycles. The van der Waals surface area contributed by atoms with Gasteiger partial charge in [-0.1, -0.05) is 0 Å². The van der Waals surface area contributed by atoms with Gasteiger partial charge >= 0.3 is 0 Å². The summed E-state index contributed by atoms with van der Waals surface area (Å²) in [6, 6.07) is 0.368. The van der Waals surface area contributed by atoms with Crippen molar-refractivity contribution in [3.63, 3.8) is 0 Å². The first-order valence-corrected chi connectivity index (χ1v) is 9.50. The molecule has 0 aliphatic carbocycles. The van der Waals surface area contributed by atoms with Gasteiger partial charge in [-0.15, -0.1) is 0 Å². The lowest BCUT2D eigenvalue weighted by molar-refractivity contribution is -0.139. The fourth-order valence-electron chi connectivity index (χ4n) is 4.39. The van der Waals surface area contributed by atoms with Crippen molar-refractivity contribution < 1.29 is 4.79 Å². The van der Waals surface area contributed by atoms with E-state index in [0.29, 0.717) is 24.3 Å². The molecule has 4 rings (SSSR count). The second-order valence-corrected chi connectivity index (χ2v) is 7.31. The topological polar surface area (TPSA) is 67.2 Å². The Morgan fingerprint density at radius 1 is 1.15 bits per heavy atom. The molecule has 7 heteroatoms. The molecule has 2 aromatic rings. The standard InChI is InChI=1S/C19H26N6O/c1-15-19(22-7-6-21-15)24-11-5-17-16(13-24)3-4-18(26)25(17)10-2-9-23-12-8-20-14-23/h6-8,12,14,16-17H,2-5,9-11,13H2,1H3/t16-,17+/m0/s1. The van der Waals surface area contributed by atoms with Crippen LogP contribution in [0.3, 0.4) is 0 Å². The summed E-state index contributed by atoms with van der Waals surface area (Å²) < 4.78 is 2.07. The van der Waals surface area contributed by atoms with Crippen molar-refractivity contribution >= 4 is 11.7 Å². The number of aromatic nitrogens is 4. The molecule has 2 aromatic heterocycles. The highest BCUT2D eigenvalue weighted by molar-refractivity contribution is 5.77. The largest absolute Gasteiger partial charge is 0.355 e. The van der Waals surface area contributed by atoms with E-state index < -0.39 is 0 Å². The van der Waals surface area contributed by atoms with Gasteiger partial charge in [0.15, 0.2) is 0 Å². The van der Waals surface area contributed by atoms with Crippen molar-refractivity contribution in [3.8, 4) is 0 Å². The first-order chi connectivity index (χ1) is 12.7. The number of anilines is 1. The molecule has 2 atom stereocenters. The minimum atomic E-state index is 0.320. The molecule has 138 valence electrons. The number of amides is 1. The Morgan fingerprint density at radius 3 is 2.85 bits per heavy atom. The Morgan fingerprint density at radius 2 is 2.04 bits per heavy atom. The summed E-state index contributed by atoms with van der Waals surface area (Å²) in [5.41, 5.74) is 0.982. The smallest absolute Gasteiger partial charge is 0.222 e. The van der Waals surface area contributed by atoms with Gasteiger partial charge in [-0.05, 0) is 32.1 Å². The predicted molar refractivity (Wildman–Crippen MR) is 98.7 cm³/mol. The normalized spacial score (nSPS) is 23.2. The van der Waals surface area contributed by atoms with Crippen LogP contribution >= 0.6 is 0 Å². The van der Waals surface area contributed by atoms with E-state index in [0.717, 1.165) is 57.0 Å². The van der Waals surface area contributed by atoms with Gasteiger partial charge in [0.05, 0.1) is 12.0 Å². The molecule has 2 aliphatic heterocycles. The first-order valence-electron chi connectivity index (χ1n) is 9.50. The highest BCUT2D eigenvalue weighted by Crippen LogP contribution is 2.33. The molecule has 7 nitrogen and oxygen atoms in total. The maximum absolute atomic E-state index is 12.5. The van der Waals surface area contributed by atoms with E-state index >= 15 is 0 Å². The third-order valence-electron chi connectivity index (χ3n) is 5.67. The Balaban J connectivity index is 1.39.